The molecule has 0 bridgehead atoms. The van der Waals surface area contributed by atoms with E-state index in [2.05, 4.69) is 16.6 Å². The van der Waals surface area contributed by atoms with Crippen molar-refractivity contribution in [3.05, 3.63) is 18.0 Å². The molecule has 0 saturated carbocycles. The molecule has 0 spiro atoms. The molecule has 1 aromatic rings. The van der Waals surface area contributed by atoms with Gasteiger partial charge in [-0.15, -0.1) is 0 Å². The Morgan fingerprint density at radius 1 is 1.77 bits per heavy atom. The number of ether oxygens (including phenoxy) is 1. The van der Waals surface area contributed by atoms with E-state index in [1.165, 1.54) is 5.56 Å². The van der Waals surface area contributed by atoms with E-state index in [9.17, 15) is 0 Å². The van der Waals surface area contributed by atoms with Crippen molar-refractivity contribution in [3.63, 3.8) is 0 Å². The number of hydrogen-bond acceptors (Lipinski definition) is 3. The lowest BCUT2D eigenvalue weighted by Gasteiger charge is -2.23. The summed E-state index contributed by atoms with van der Waals surface area (Å²) < 4.78 is 7.20. The van der Waals surface area contributed by atoms with Crippen LogP contribution in [-0.4, -0.2) is 35.6 Å². The molecular weight excluding hydrogens is 166 g/mol. The predicted molar refractivity (Wildman–Crippen MR) is 49.5 cm³/mol. The SMILES string of the molecule is Cn1cc(CC2COCCN2)cn1. The van der Waals surface area contributed by atoms with Crippen LogP contribution in [0.1, 0.15) is 5.56 Å². The molecule has 4 heteroatoms. The quantitative estimate of drug-likeness (QED) is 0.695. The minimum absolute atomic E-state index is 0.456. The van der Waals surface area contributed by atoms with Crippen LogP contribution in [0.25, 0.3) is 0 Å². The summed E-state index contributed by atoms with van der Waals surface area (Å²) in [5, 5.41) is 7.54. The average molecular weight is 181 g/mol. The standard InChI is InChI=1S/C9H15N3O/c1-12-6-8(5-11-12)4-9-7-13-3-2-10-9/h5-6,9-10H,2-4,7H2,1H3. The summed E-state index contributed by atoms with van der Waals surface area (Å²) >= 11 is 0. The van der Waals surface area contributed by atoms with Crippen LogP contribution in [0.4, 0.5) is 0 Å². The Hall–Kier alpha value is -0.870. The zero-order chi connectivity index (χ0) is 9.10. The number of rotatable bonds is 2. The minimum atomic E-state index is 0.456. The van der Waals surface area contributed by atoms with Crippen LogP contribution in [0, 0.1) is 0 Å². The first-order chi connectivity index (χ1) is 6.34. The van der Waals surface area contributed by atoms with Gasteiger partial charge >= 0.3 is 0 Å². The normalized spacial score (nSPS) is 23.3. The first-order valence-electron chi connectivity index (χ1n) is 4.63. The van der Waals surface area contributed by atoms with Gasteiger partial charge in [0.25, 0.3) is 0 Å². The smallest absolute Gasteiger partial charge is 0.0623 e. The summed E-state index contributed by atoms with van der Waals surface area (Å²) in [5.74, 6) is 0. The van der Waals surface area contributed by atoms with Gasteiger partial charge in [-0.1, -0.05) is 0 Å². The summed E-state index contributed by atoms with van der Waals surface area (Å²) in [6.45, 7) is 2.61. The van der Waals surface area contributed by atoms with Gasteiger partial charge in [0.2, 0.25) is 0 Å². The molecule has 0 aromatic carbocycles. The fourth-order valence-electron chi connectivity index (χ4n) is 1.61. The number of aryl methyl sites for hydroxylation is 1. The van der Waals surface area contributed by atoms with Crippen molar-refractivity contribution < 1.29 is 4.74 Å². The highest BCUT2D eigenvalue weighted by Gasteiger charge is 2.13. The van der Waals surface area contributed by atoms with Gasteiger partial charge in [0.15, 0.2) is 0 Å². The second kappa shape index (κ2) is 3.89. The van der Waals surface area contributed by atoms with Crippen LogP contribution in [0.5, 0.6) is 0 Å². The fourth-order valence-corrected chi connectivity index (χ4v) is 1.61. The molecule has 1 aromatic heterocycles. The Bertz CT molecular complexity index is 266. The predicted octanol–water partition coefficient (Wildman–Crippen LogP) is -0.0490. The number of nitrogens with zero attached hydrogens (tertiary/aromatic N) is 2. The van der Waals surface area contributed by atoms with E-state index in [-0.39, 0.29) is 0 Å². The van der Waals surface area contributed by atoms with E-state index in [0.717, 1.165) is 26.2 Å². The Labute approximate surface area is 77.9 Å². The molecule has 1 aliphatic heterocycles. The van der Waals surface area contributed by atoms with Crippen LogP contribution >= 0.6 is 0 Å². The summed E-state index contributed by atoms with van der Waals surface area (Å²) in [6, 6.07) is 0.456. The third-order valence-electron chi connectivity index (χ3n) is 2.24. The number of hydrogen-bond donors (Lipinski definition) is 1. The lowest BCUT2D eigenvalue weighted by Crippen LogP contribution is -2.42. The molecule has 0 amide bonds. The Morgan fingerprint density at radius 3 is 3.31 bits per heavy atom. The molecule has 4 nitrogen and oxygen atoms in total. The monoisotopic (exact) mass is 181 g/mol. The van der Waals surface area contributed by atoms with E-state index in [1.54, 1.807) is 0 Å². The maximum Gasteiger partial charge on any atom is 0.0623 e. The molecule has 1 unspecified atom stereocenters. The van der Waals surface area contributed by atoms with Gasteiger partial charge in [0.1, 0.15) is 0 Å². The molecule has 2 rings (SSSR count). The maximum atomic E-state index is 5.37. The largest absolute Gasteiger partial charge is 0.379 e. The van der Waals surface area contributed by atoms with Crippen molar-refractivity contribution >= 4 is 0 Å². The lowest BCUT2D eigenvalue weighted by atomic mass is 10.1. The van der Waals surface area contributed by atoms with Gasteiger partial charge < -0.3 is 10.1 Å². The highest BCUT2D eigenvalue weighted by atomic mass is 16.5. The summed E-state index contributed by atoms with van der Waals surface area (Å²) in [6.07, 6.45) is 4.97. The highest BCUT2D eigenvalue weighted by molar-refractivity contribution is 5.06. The lowest BCUT2D eigenvalue weighted by molar-refractivity contribution is 0.0770. The third kappa shape index (κ3) is 2.29. The fraction of sp³-hybridized carbons (Fsp3) is 0.667. The van der Waals surface area contributed by atoms with Crippen molar-refractivity contribution in [1.82, 2.24) is 15.1 Å². The van der Waals surface area contributed by atoms with Crippen LogP contribution in [0.15, 0.2) is 12.4 Å². The van der Waals surface area contributed by atoms with E-state index < -0.39 is 0 Å². The van der Waals surface area contributed by atoms with Gasteiger partial charge in [-0.3, -0.25) is 4.68 Å². The number of nitrogens with one attached hydrogen (secondary N) is 1. The topological polar surface area (TPSA) is 39.1 Å². The Morgan fingerprint density at radius 2 is 2.69 bits per heavy atom. The van der Waals surface area contributed by atoms with Crippen molar-refractivity contribution in [2.75, 3.05) is 19.8 Å². The average Bonchev–Trinajstić information content (AvgIpc) is 2.53. The van der Waals surface area contributed by atoms with E-state index in [0.29, 0.717) is 6.04 Å². The van der Waals surface area contributed by atoms with E-state index >= 15 is 0 Å². The van der Waals surface area contributed by atoms with Crippen LogP contribution in [-0.2, 0) is 18.2 Å². The van der Waals surface area contributed by atoms with Gasteiger partial charge in [-0.25, -0.2) is 0 Å². The summed E-state index contributed by atoms with van der Waals surface area (Å²) in [7, 11) is 1.94. The van der Waals surface area contributed by atoms with Crippen molar-refractivity contribution in [3.8, 4) is 0 Å². The third-order valence-corrected chi connectivity index (χ3v) is 2.24. The van der Waals surface area contributed by atoms with Crippen LogP contribution in [0.2, 0.25) is 0 Å². The maximum absolute atomic E-state index is 5.37. The second-order valence-corrected chi connectivity index (χ2v) is 3.45. The molecule has 1 atom stereocenters. The summed E-state index contributed by atoms with van der Waals surface area (Å²) in [4.78, 5) is 0. The van der Waals surface area contributed by atoms with Gasteiger partial charge in [-0.2, -0.15) is 5.10 Å². The molecule has 1 saturated heterocycles. The van der Waals surface area contributed by atoms with Gasteiger partial charge in [0.05, 0.1) is 19.4 Å². The number of morpholine rings is 1. The molecule has 1 N–H and O–H groups in total. The van der Waals surface area contributed by atoms with Gasteiger partial charge in [0, 0.05) is 25.8 Å². The Kier molecular flexibility index (Phi) is 2.61. The minimum Gasteiger partial charge on any atom is -0.379 e. The first kappa shape index (κ1) is 8.72. The molecule has 1 fully saturated rings. The molecule has 13 heavy (non-hydrogen) atoms. The first-order valence-corrected chi connectivity index (χ1v) is 4.63. The summed E-state index contributed by atoms with van der Waals surface area (Å²) in [5.41, 5.74) is 1.27. The molecule has 0 aliphatic carbocycles. The van der Waals surface area contributed by atoms with Crippen molar-refractivity contribution in [2.24, 2.45) is 7.05 Å². The van der Waals surface area contributed by atoms with E-state index in [1.807, 2.05) is 17.9 Å². The zero-order valence-electron chi connectivity index (χ0n) is 7.86. The molecule has 72 valence electrons. The van der Waals surface area contributed by atoms with Crippen molar-refractivity contribution in [2.45, 2.75) is 12.5 Å². The van der Waals surface area contributed by atoms with Crippen molar-refractivity contribution in [1.29, 1.82) is 0 Å². The zero-order valence-corrected chi connectivity index (χ0v) is 7.86. The van der Waals surface area contributed by atoms with Crippen LogP contribution < -0.4 is 5.32 Å². The molecule has 0 radical (unpaired) electrons. The Balaban J connectivity index is 1.89. The highest BCUT2D eigenvalue weighted by Crippen LogP contribution is 2.04. The molecule has 1 aliphatic rings. The molecular formula is C9H15N3O. The number of aromatic nitrogens is 2. The van der Waals surface area contributed by atoms with Crippen LogP contribution in [0.3, 0.4) is 0 Å². The molecule has 2 heterocycles. The van der Waals surface area contributed by atoms with Gasteiger partial charge in [-0.05, 0) is 12.0 Å². The second-order valence-electron chi connectivity index (χ2n) is 3.45. The van der Waals surface area contributed by atoms with E-state index in [4.69, 9.17) is 4.74 Å².